The summed E-state index contributed by atoms with van der Waals surface area (Å²) in [5.41, 5.74) is 0. The van der Waals surface area contributed by atoms with Gasteiger partial charge in [-0.25, -0.2) is 4.98 Å². The molecule has 0 radical (unpaired) electrons. The van der Waals surface area contributed by atoms with Crippen molar-refractivity contribution in [3.8, 4) is 0 Å². The Morgan fingerprint density at radius 2 is 1.76 bits per heavy atom. The highest BCUT2D eigenvalue weighted by Gasteiger charge is 2.61. The van der Waals surface area contributed by atoms with Crippen molar-refractivity contribution >= 4 is 22.4 Å². The molecule has 0 aliphatic rings. The number of hydrogen-bond donors (Lipinski definition) is 1. The van der Waals surface area contributed by atoms with Gasteiger partial charge in [0.25, 0.3) is 0 Å². The molecule has 0 bridgehead atoms. The summed E-state index contributed by atoms with van der Waals surface area (Å²) in [6.07, 6.45) is -10.3. The number of aromatic nitrogens is 1. The van der Waals surface area contributed by atoms with Gasteiger partial charge in [0.05, 0.1) is 0 Å². The Bertz CT molecular complexity index is 370. The summed E-state index contributed by atoms with van der Waals surface area (Å²) in [4.78, 5) is 14.3. The number of alkyl halides is 6. The third kappa shape index (κ3) is 3.58. The normalized spacial score (nSPS) is 12.9. The topological polar surface area (TPSA) is 42.0 Å². The van der Waals surface area contributed by atoms with Crippen molar-refractivity contribution in [2.75, 3.05) is 5.32 Å². The molecule has 0 fully saturated rings. The minimum atomic E-state index is -5.69. The monoisotopic (exact) mass is 278 g/mol. The first kappa shape index (κ1) is 13.7. The van der Waals surface area contributed by atoms with Crippen LogP contribution in [0.4, 0.5) is 31.5 Å². The zero-order valence-electron chi connectivity index (χ0n) is 7.76. The van der Waals surface area contributed by atoms with Crippen LogP contribution in [0.1, 0.15) is 0 Å². The fourth-order valence-corrected chi connectivity index (χ4v) is 1.48. The molecule has 10 heteroatoms. The number of hydrogen-bond acceptors (Lipinski definition) is 3. The Hall–Kier alpha value is -1.32. The lowest BCUT2D eigenvalue weighted by atomic mass is 10.1. The van der Waals surface area contributed by atoms with Gasteiger partial charge in [-0.3, -0.25) is 4.79 Å². The molecule has 17 heavy (non-hydrogen) atoms. The minimum absolute atomic E-state index is 0.325. The number of nitrogens with zero attached hydrogens (tertiary/aromatic N) is 1. The van der Waals surface area contributed by atoms with Crippen molar-refractivity contribution in [3.05, 3.63) is 11.6 Å². The second-order valence-corrected chi connectivity index (χ2v) is 3.74. The van der Waals surface area contributed by atoms with E-state index in [2.05, 4.69) is 4.98 Å². The average Bonchev–Trinajstić information content (AvgIpc) is 2.49. The molecule has 1 amide bonds. The molecule has 1 heterocycles. The Balaban J connectivity index is 2.89. The van der Waals surface area contributed by atoms with Gasteiger partial charge in [-0.05, 0) is 0 Å². The molecule has 0 saturated carbocycles. The molecule has 0 atom stereocenters. The number of amides is 1. The standard InChI is InChI=1S/C7H4F6N2OS/c8-6(9,10)3(7(11,12)13)4(16)15-5-14-1-2-17-5/h1-3H,(H,14,15,16). The van der Waals surface area contributed by atoms with Crippen molar-refractivity contribution in [2.24, 2.45) is 5.92 Å². The van der Waals surface area contributed by atoms with Crippen molar-refractivity contribution in [3.63, 3.8) is 0 Å². The van der Waals surface area contributed by atoms with Gasteiger partial charge in [0.2, 0.25) is 11.8 Å². The molecule has 3 nitrogen and oxygen atoms in total. The number of carbonyl (C=O) groups excluding carboxylic acids is 1. The third-order valence-electron chi connectivity index (χ3n) is 1.58. The van der Waals surface area contributed by atoms with E-state index in [1.54, 1.807) is 0 Å². The fourth-order valence-electron chi connectivity index (χ4n) is 0.946. The van der Waals surface area contributed by atoms with Crippen LogP contribution in [-0.4, -0.2) is 23.2 Å². The zero-order valence-corrected chi connectivity index (χ0v) is 8.58. The van der Waals surface area contributed by atoms with E-state index < -0.39 is 24.2 Å². The molecule has 0 saturated heterocycles. The lowest BCUT2D eigenvalue weighted by molar-refractivity contribution is -0.272. The van der Waals surface area contributed by atoms with E-state index in [4.69, 9.17) is 0 Å². The van der Waals surface area contributed by atoms with E-state index in [0.717, 1.165) is 6.20 Å². The van der Waals surface area contributed by atoms with Crippen LogP contribution >= 0.6 is 11.3 Å². The van der Waals surface area contributed by atoms with Gasteiger partial charge in [-0.2, -0.15) is 26.3 Å². The first-order valence-electron chi connectivity index (χ1n) is 3.96. The van der Waals surface area contributed by atoms with Crippen LogP contribution in [0.2, 0.25) is 0 Å². The van der Waals surface area contributed by atoms with Crippen molar-refractivity contribution < 1.29 is 31.1 Å². The average molecular weight is 278 g/mol. The van der Waals surface area contributed by atoms with Gasteiger partial charge < -0.3 is 5.32 Å². The highest BCUT2D eigenvalue weighted by atomic mass is 32.1. The number of halogens is 6. The first-order chi connectivity index (χ1) is 7.62. The molecule has 0 spiro atoms. The first-order valence-corrected chi connectivity index (χ1v) is 4.84. The number of nitrogens with one attached hydrogen (secondary N) is 1. The van der Waals surface area contributed by atoms with Crippen LogP contribution in [0.25, 0.3) is 0 Å². The van der Waals surface area contributed by atoms with Crippen molar-refractivity contribution in [1.29, 1.82) is 0 Å². The lowest BCUT2D eigenvalue weighted by Crippen LogP contribution is -2.45. The minimum Gasteiger partial charge on any atom is -0.301 e. The highest BCUT2D eigenvalue weighted by Crippen LogP contribution is 2.39. The van der Waals surface area contributed by atoms with E-state index in [9.17, 15) is 31.1 Å². The zero-order chi connectivity index (χ0) is 13.3. The number of carbonyl (C=O) groups is 1. The van der Waals surface area contributed by atoms with Crippen molar-refractivity contribution in [2.45, 2.75) is 12.4 Å². The molecule has 0 aliphatic carbocycles. The summed E-state index contributed by atoms with van der Waals surface area (Å²) in [7, 11) is 0. The van der Waals surface area contributed by atoms with Crippen LogP contribution in [-0.2, 0) is 4.79 Å². The maximum atomic E-state index is 12.1. The second kappa shape index (κ2) is 4.51. The Morgan fingerprint density at radius 3 is 2.12 bits per heavy atom. The van der Waals surface area contributed by atoms with Crippen LogP contribution in [0.5, 0.6) is 0 Å². The molecule has 0 aromatic carbocycles. The summed E-state index contributed by atoms with van der Waals surface area (Å²) < 4.78 is 72.6. The summed E-state index contributed by atoms with van der Waals surface area (Å²) in [5.74, 6) is -6.25. The number of thiazole rings is 1. The van der Waals surface area contributed by atoms with E-state index in [1.165, 1.54) is 10.7 Å². The Labute approximate surface area is 94.5 Å². The van der Waals surface area contributed by atoms with Gasteiger partial charge in [0.15, 0.2) is 5.13 Å². The van der Waals surface area contributed by atoms with Gasteiger partial charge in [0, 0.05) is 11.6 Å². The molecule has 0 unspecified atom stereocenters. The molecule has 1 N–H and O–H groups in total. The largest absolute Gasteiger partial charge is 0.409 e. The molecule has 0 aliphatic heterocycles. The van der Waals surface area contributed by atoms with Crippen LogP contribution in [0.15, 0.2) is 11.6 Å². The maximum Gasteiger partial charge on any atom is 0.409 e. The fraction of sp³-hybridized carbons (Fsp3) is 0.429. The molecule has 1 aromatic heterocycles. The predicted molar refractivity (Wildman–Crippen MR) is 46.3 cm³/mol. The smallest absolute Gasteiger partial charge is 0.301 e. The van der Waals surface area contributed by atoms with Gasteiger partial charge in [-0.1, -0.05) is 0 Å². The molecule has 1 aromatic rings. The Morgan fingerprint density at radius 1 is 1.24 bits per heavy atom. The summed E-state index contributed by atoms with van der Waals surface area (Å²) >= 11 is 0.712. The van der Waals surface area contributed by atoms with Crippen LogP contribution in [0.3, 0.4) is 0 Å². The van der Waals surface area contributed by atoms with Gasteiger partial charge >= 0.3 is 12.4 Å². The van der Waals surface area contributed by atoms with Crippen molar-refractivity contribution in [1.82, 2.24) is 4.98 Å². The third-order valence-corrected chi connectivity index (χ3v) is 2.27. The van der Waals surface area contributed by atoms with Gasteiger partial charge in [-0.15, -0.1) is 11.3 Å². The quantitative estimate of drug-likeness (QED) is 0.845. The number of rotatable bonds is 2. The summed E-state index contributed by atoms with van der Waals surface area (Å²) in [5, 5.41) is 2.44. The summed E-state index contributed by atoms with van der Waals surface area (Å²) in [6, 6.07) is 0. The SMILES string of the molecule is O=C(Nc1nccs1)C(C(F)(F)F)C(F)(F)F. The molecule has 96 valence electrons. The van der Waals surface area contributed by atoms with Crippen LogP contribution < -0.4 is 5.32 Å². The molecular formula is C7H4F6N2OS. The maximum absolute atomic E-state index is 12.1. The van der Waals surface area contributed by atoms with E-state index in [-0.39, 0.29) is 5.13 Å². The predicted octanol–water partition coefficient (Wildman–Crippen LogP) is 2.82. The summed E-state index contributed by atoms with van der Waals surface area (Å²) in [6.45, 7) is 0. The van der Waals surface area contributed by atoms with E-state index >= 15 is 0 Å². The van der Waals surface area contributed by atoms with Gasteiger partial charge in [0.1, 0.15) is 0 Å². The lowest BCUT2D eigenvalue weighted by Gasteiger charge is -2.21. The van der Waals surface area contributed by atoms with E-state index in [0.29, 0.717) is 11.3 Å². The highest BCUT2D eigenvalue weighted by molar-refractivity contribution is 7.13. The molecular weight excluding hydrogens is 274 g/mol. The van der Waals surface area contributed by atoms with E-state index in [1.807, 2.05) is 0 Å². The molecule has 1 rings (SSSR count). The number of anilines is 1. The Kier molecular flexibility index (Phi) is 3.65. The second-order valence-electron chi connectivity index (χ2n) is 2.84. The van der Waals surface area contributed by atoms with Crippen LogP contribution in [0, 0.1) is 5.92 Å².